The fraction of sp³-hybridized carbons (Fsp3) is 1.00. The maximum Gasteiger partial charge on any atom is 0.205 e. The molecule has 16 heteroatoms. The van der Waals surface area contributed by atoms with Crippen LogP contribution in [0.1, 0.15) is 77.0 Å². The van der Waals surface area contributed by atoms with Crippen LogP contribution in [0.15, 0.2) is 0 Å². The first-order chi connectivity index (χ1) is 23.8. The van der Waals surface area contributed by atoms with Crippen molar-refractivity contribution < 1.29 is 35.4 Å². The highest BCUT2D eigenvalue weighted by atomic mass is 28.3. The van der Waals surface area contributed by atoms with Crippen molar-refractivity contribution in [2.75, 3.05) is 0 Å². The first-order valence-corrected chi connectivity index (χ1v) is 39.0. The largest absolute Gasteiger partial charge is 0.411 e. The zero-order valence-corrected chi connectivity index (χ0v) is 43.8. The molecule has 0 spiro atoms. The van der Waals surface area contributed by atoms with Crippen LogP contribution in [0.3, 0.4) is 0 Å². The summed E-state index contributed by atoms with van der Waals surface area (Å²) in [4.78, 5) is 0. The molecular weight excluding hydrogens is 785 g/mol. The summed E-state index contributed by atoms with van der Waals surface area (Å²) < 4.78 is 61.1. The minimum atomic E-state index is -1.12. The first kappa shape index (κ1) is 44.5. The van der Waals surface area contributed by atoms with Crippen LogP contribution in [0.2, 0.25) is 105 Å². The molecule has 6 aliphatic carbocycles. The van der Waals surface area contributed by atoms with Gasteiger partial charge >= 0.3 is 0 Å². The van der Waals surface area contributed by atoms with Crippen LogP contribution >= 0.6 is 0 Å². The van der Waals surface area contributed by atoms with Gasteiger partial charge in [0.2, 0.25) is 72.3 Å². The van der Waals surface area contributed by atoms with Crippen LogP contribution in [0.5, 0.6) is 0 Å². The Bertz CT molecular complexity index is 888. The van der Waals surface area contributed by atoms with Crippen molar-refractivity contribution >= 4 is 72.3 Å². The average molecular weight is 858 g/mol. The fourth-order valence-corrected chi connectivity index (χ4v) is 21.5. The number of hydrogen-bond acceptors (Lipinski definition) is 8. The van der Waals surface area contributed by atoms with E-state index in [4.69, 9.17) is 35.4 Å². The summed E-state index contributed by atoms with van der Waals surface area (Å²) in [7, 11) is -9.00. The smallest absolute Gasteiger partial charge is 0.205 e. The van der Waals surface area contributed by atoms with Gasteiger partial charge in [0, 0.05) is 77.0 Å². The third kappa shape index (κ3) is 10.2. The van der Waals surface area contributed by atoms with Gasteiger partial charge in [0.05, 0.1) is 44.8 Å². The molecule has 6 aliphatic rings. The van der Waals surface area contributed by atoms with Crippen molar-refractivity contribution in [2.24, 2.45) is 0 Å². The van der Waals surface area contributed by atoms with Crippen LogP contribution in [0.25, 0.3) is 0 Å². The van der Waals surface area contributed by atoms with Gasteiger partial charge in [-0.3, -0.25) is 0 Å². The lowest BCUT2D eigenvalue weighted by Crippen LogP contribution is -2.75. The van der Waals surface area contributed by atoms with Gasteiger partial charge in [0.15, 0.2) is 0 Å². The second kappa shape index (κ2) is 15.9. The molecule has 0 unspecified atom stereocenters. The summed E-state index contributed by atoms with van der Waals surface area (Å²) in [6.07, 6.45) is 9.87. The molecule has 6 rings (SSSR count). The zero-order valence-electron chi connectivity index (χ0n) is 35.8. The van der Waals surface area contributed by atoms with Gasteiger partial charge in [-0.15, -0.1) is 0 Å². The zero-order chi connectivity index (χ0) is 38.8. The van der Waals surface area contributed by atoms with E-state index >= 15 is 0 Å². The molecule has 0 aliphatic heterocycles. The third-order valence-electron chi connectivity index (χ3n) is 11.1. The maximum atomic E-state index is 7.63. The molecule has 0 saturated heterocycles. The van der Waals surface area contributed by atoms with E-state index in [9.17, 15) is 0 Å². The van der Waals surface area contributed by atoms with E-state index in [0.717, 1.165) is 77.0 Å². The Morgan fingerprint density at radius 1 is 0.192 bits per heavy atom. The van der Waals surface area contributed by atoms with Crippen LogP contribution in [-0.2, 0) is 35.4 Å². The Labute approximate surface area is 332 Å². The van der Waals surface area contributed by atoms with E-state index in [2.05, 4.69) is 105 Å². The number of hydrogen-bond donors (Lipinski definition) is 0. The van der Waals surface area contributed by atoms with Crippen molar-refractivity contribution in [3.63, 3.8) is 0 Å². The Kier molecular flexibility index (Phi) is 13.6. The molecule has 8 nitrogen and oxygen atoms in total. The minimum Gasteiger partial charge on any atom is -0.411 e. The van der Waals surface area contributed by atoms with Crippen molar-refractivity contribution in [3.8, 4) is 0 Å². The average Bonchev–Trinajstić information content (AvgIpc) is 2.79. The minimum absolute atomic E-state index is 0.464. The third-order valence-corrected chi connectivity index (χ3v) is 17.8. The summed E-state index contributed by atoms with van der Waals surface area (Å²) in [5.74, 6) is 0. The van der Waals surface area contributed by atoms with Crippen LogP contribution in [0, 0.1) is 0 Å². The molecule has 8 bridgehead atoms. The van der Waals surface area contributed by atoms with Crippen LogP contribution in [0.4, 0.5) is 0 Å². The SMILES string of the molecule is C[Si](C)OC12CC3(O[Si](C)C)CC4(O[Si](C)C)CC(O[Si](C)C)(C1)CC1(O[Si](C)C)CC(O[Si](C)C)(C2)CC(O[Si](C)C)(C3)CC(O[Si](C)C)(C4)C1. The summed E-state index contributed by atoms with van der Waals surface area (Å²) in [6.45, 7) is 37.2. The van der Waals surface area contributed by atoms with Crippen molar-refractivity contribution in [2.45, 2.75) is 227 Å². The normalized spacial score (nSPS) is 42.0. The number of rotatable bonds is 16. The van der Waals surface area contributed by atoms with Gasteiger partial charge in [-0.05, 0) is 105 Å². The topological polar surface area (TPSA) is 73.8 Å². The van der Waals surface area contributed by atoms with E-state index in [1.165, 1.54) is 0 Å². The van der Waals surface area contributed by atoms with Gasteiger partial charge in [0.1, 0.15) is 0 Å². The molecule has 8 radical (unpaired) electrons. The van der Waals surface area contributed by atoms with E-state index in [1.807, 2.05) is 0 Å². The highest BCUT2D eigenvalue weighted by Crippen LogP contribution is 2.67. The Morgan fingerprint density at radius 3 is 0.327 bits per heavy atom. The van der Waals surface area contributed by atoms with Crippen molar-refractivity contribution in [1.29, 1.82) is 0 Å². The molecule has 0 aromatic heterocycles. The van der Waals surface area contributed by atoms with E-state index in [0.29, 0.717) is 0 Å². The molecule has 6 fully saturated rings. The molecule has 0 amide bonds. The van der Waals surface area contributed by atoms with E-state index in [-0.39, 0.29) is 0 Å². The Morgan fingerprint density at radius 2 is 0.269 bits per heavy atom. The molecule has 296 valence electrons. The highest BCUT2D eigenvalue weighted by molar-refractivity contribution is 6.51. The van der Waals surface area contributed by atoms with E-state index < -0.39 is 117 Å². The molecule has 0 N–H and O–H groups in total. The van der Waals surface area contributed by atoms with Crippen molar-refractivity contribution in [3.05, 3.63) is 0 Å². The first-order valence-electron chi connectivity index (χ1n) is 19.8. The highest BCUT2D eigenvalue weighted by Gasteiger charge is 2.72. The fourth-order valence-electron chi connectivity index (χ4n) is 12.9. The second-order valence-corrected chi connectivity index (χ2v) is 35.8. The molecular formula is C36H72O8Si8. The Hall–Kier alpha value is 1.42. The molecule has 0 atom stereocenters. The van der Waals surface area contributed by atoms with E-state index in [1.54, 1.807) is 0 Å². The van der Waals surface area contributed by atoms with Gasteiger partial charge in [-0.1, -0.05) is 0 Å². The summed E-state index contributed by atoms with van der Waals surface area (Å²) in [5, 5.41) is 0. The van der Waals surface area contributed by atoms with Crippen LogP contribution in [-0.4, -0.2) is 117 Å². The van der Waals surface area contributed by atoms with Crippen LogP contribution < -0.4 is 0 Å². The standard InChI is InChI=1S/C36H72O8Si8/c1-45(2)37-29-17-30(38-46(3)4)20-33(41-49(9)10)22-31(18-29,39-47(5)6)24-35(43-51(13)14)25-32(19-29,40-48(7)8)23-34(21-30,42-50(11)12)27-36(26-33,28-35)44-52(15)16/h17-28H2,1-16H3. The van der Waals surface area contributed by atoms with Gasteiger partial charge in [-0.2, -0.15) is 0 Å². The molecule has 0 heterocycles. The molecule has 52 heavy (non-hydrogen) atoms. The monoisotopic (exact) mass is 856 g/mol. The van der Waals surface area contributed by atoms with Crippen molar-refractivity contribution in [1.82, 2.24) is 0 Å². The lowest BCUT2D eigenvalue weighted by molar-refractivity contribution is -0.274. The quantitative estimate of drug-likeness (QED) is 0.143. The summed E-state index contributed by atoms with van der Waals surface area (Å²) >= 11 is 0. The molecule has 0 aromatic carbocycles. The van der Waals surface area contributed by atoms with Gasteiger partial charge in [0.25, 0.3) is 0 Å². The summed E-state index contributed by atoms with van der Waals surface area (Å²) in [5.41, 5.74) is -3.72. The Balaban J connectivity index is 1.97. The predicted octanol–water partition coefficient (Wildman–Crippen LogP) is 8.79. The second-order valence-electron chi connectivity index (χ2n) is 19.7. The van der Waals surface area contributed by atoms with Gasteiger partial charge in [-0.25, -0.2) is 0 Å². The maximum absolute atomic E-state index is 7.63. The molecule has 6 saturated carbocycles. The van der Waals surface area contributed by atoms with Gasteiger partial charge < -0.3 is 35.4 Å². The lowest BCUT2D eigenvalue weighted by atomic mass is 9.48. The lowest BCUT2D eigenvalue weighted by Gasteiger charge is -2.70. The predicted molar refractivity (Wildman–Crippen MR) is 226 cm³/mol. The summed E-state index contributed by atoms with van der Waals surface area (Å²) in [6, 6.07) is 0. The molecule has 0 aromatic rings.